The van der Waals surface area contributed by atoms with Gasteiger partial charge < -0.3 is 0 Å². The van der Waals surface area contributed by atoms with Crippen molar-refractivity contribution in [1.82, 2.24) is 15.0 Å². The molecule has 0 fully saturated rings. The topological polar surface area (TPSA) is 54.5 Å². The second kappa shape index (κ2) is 5.19. The van der Waals surface area contributed by atoms with E-state index in [1.165, 1.54) is 0 Å². The summed E-state index contributed by atoms with van der Waals surface area (Å²) >= 11 is 5.85. The standard InChI is InChI=1S/C13H13ClN4/c1-9(2)13-12(7-15)16-17-18(13)8-10-3-5-11(14)6-4-10/h3-6,9H,8H2,1-2H3. The van der Waals surface area contributed by atoms with Gasteiger partial charge in [-0.25, -0.2) is 4.68 Å². The molecule has 0 saturated heterocycles. The van der Waals surface area contributed by atoms with Gasteiger partial charge in [0.2, 0.25) is 0 Å². The van der Waals surface area contributed by atoms with E-state index in [1.807, 2.05) is 38.1 Å². The van der Waals surface area contributed by atoms with Crippen molar-refractivity contribution in [3.63, 3.8) is 0 Å². The van der Waals surface area contributed by atoms with E-state index >= 15 is 0 Å². The zero-order valence-corrected chi connectivity index (χ0v) is 11.0. The van der Waals surface area contributed by atoms with Crippen LogP contribution in [0.2, 0.25) is 5.02 Å². The van der Waals surface area contributed by atoms with Crippen LogP contribution in [0.1, 0.15) is 36.7 Å². The number of benzene rings is 1. The van der Waals surface area contributed by atoms with E-state index in [9.17, 15) is 0 Å². The van der Waals surface area contributed by atoms with Crippen molar-refractivity contribution < 1.29 is 0 Å². The second-order valence-corrected chi connectivity index (χ2v) is 4.81. The summed E-state index contributed by atoms with van der Waals surface area (Å²) in [6.07, 6.45) is 0. The molecule has 2 aromatic rings. The average Bonchev–Trinajstić information content (AvgIpc) is 2.75. The number of aromatic nitrogens is 3. The van der Waals surface area contributed by atoms with Crippen molar-refractivity contribution in [3.8, 4) is 6.07 Å². The summed E-state index contributed by atoms with van der Waals surface area (Å²) in [5, 5.41) is 17.6. The van der Waals surface area contributed by atoms with Crippen LogP contribution < -0.4 is 0 Å². The van der Waals surface area contributed by atoms with E-state index in [-0.39, 0.29) is 5.92 Å². The molecule has 1 heterocycles. The third kappa shape index (κ3) is 2.52. The number of nitrogens with zero attached hydrogens (tertiary/aromatic N) is 4. The monoisotopic (exact) mass is 260 g/mol. The average molecular weight is 261 g/mol. The Kier molecular flexibility index (Phi) is 3.63. The number of halogens is 1. The Labute approximate surface area is 111 Å². The minimum Gasteiger partial charge on any atom is -0.243 e. The summed E-state index contributed by atoms with van der Waals surface area (Å²) in [6.45, 7) is 4.65. The van der Waals surface area contributed by atoms with Crippen LogP contribution >= 0.6 is 11.6 Å². The van der Waals surface area contributed by atoms with Gasteiger partial charge in [-0.1, -0.05) is 42.8 Å². The molecule has 0 amide bonds. The summed E-state index contributed by atoms with van der Waals surface area (Å²) in [6, 6.07) is 9.65. The van der Waals surface area contributed by atoms with Gasteiger partial charge in [0.1, 0.15) is 6.07 Å². The molecule has 0 radical (unpaired) electrons. The number of rotatable bonds is 3. The molecule has 0 atom stereocenters. The van der Waals surface area contributed by atoms with Gasteiger partial charge >= 0.3 is 0 Å². The molecular weight excluding hydrogens is 248 g/mol. The largest absolute Gasteiger partial charge is 0.243 e. The summed E-state index contributed by atoms with van der Waals surface area (Å²) < 4.78 is 1.77. The van der Waals surface area contributed by atoms with E-state index < -0.39 is 0 Å². The van der Waals surface area contributed by atoms with Crippen LogP contribution in [0.5, 0.6) is 0 Å². The molecule has 0 bridgehead atoms. The van der Waals surface area contributed by atoms with Gasteiger partial charge in [-0.2, -0.15) is 5.26 Å². The van der Waals surface area contributed by atoms with E-state index in [0.29, 0.717) is 17.3 Å². The molecule has 92 valence electrons. The lowest BCUT2D eigenvalue weighted by atomic mass is 10.1. The zero-order valence-electron chi connectivity index (χ0n) is 10.3. The van der Waals surface area contributed by atoms with E-state index in [4.69, 9.17) is 16.9 Å². The van der Waals surface area contributed by atoms with Gasteiger partial charge in [-0.15, -0.1) is 5.10 Å². The van der Waals surface area contributed by atoms with Crippen molar-refractivity contribution in [3.05, 3.63) is 46.2 Å². The van der Waals surface area contributed by atoms with E-state index in [1.54, 1.807) is 4.68 Å². The maximum Gasteiger partial charge on any atom is 0.186 e. The SMILES string of the molecule is CC(C)c1c(C#N)nnn1Cc1ccc(Cl)cc1. The first-order valence-electron chi connectivity index (χ1n) is 5.69. The van der Waals surface area contributed by atoms with Gasteiger partial charge in [0.05, 0.1) is 12.2 Å². The van der Waals surface area contributed by atoms with Gasteiger partial charge in [0.25, 0.3) is 0 Å². The Morgan fingerprint density at radius 3 is 2.56 bits per heavy atom. The van der Waals surface area contributed by atoms with Crippen molar-refractivity contribution >= 4 is 11.6 Å². The minimum absolute atomic E-state index is 0.210. The molecule has 0 aliphatic carbocycles. The summed E-state index contributed by atoms with van der Waals surface area (Å²) in [7, 11) is 0. The van der Waals surface area contributed by atoms with E-state index in [0.717, 1.165) is 11.3 Å². The van der Waals surface area contributed by atoms with Crippen LogP contribution in [0.25, 0.3) is 0 Å². The minimum atomic E-state index is 0.210. The molecule has 0 aliphatic rings. The molecule has 2 rings (SSSR count). The first-order chi connectivity index (χ1) is 8.61. The van der Waals surface area contributed by atoms with Crippen molar-refractivity contribution in [1.29, 1.82) is 5.26 Å². The molecule has 0 saturated carbocycles. The van der Waals surface area contributed by atoms with Crippen LogP contribution in [-0.4, -0.2) is 15.0 Å². The molecule has 0 aliphatic heterocycles. The molecule has 4 nitrogen and oxygen atoms in total. The lowest BCUT2D eigenvalue weighted by molar-refractivity contribution is 0.598. The third-order valence-electron chi connectivity index (χ3n) is 2.67. The van der Waals surface area contributed by atoms with Gasteiger partial charge in [-0.3, -0.25) is 0 Å². The summed E-state index contributed by atoms with van der Waals surface area (Å²) in [5.74, 6) is 0.210. The van der Waals surface area contributed by atoms with Crippen LogP contribution in [-0.2, 0) is 6.54 Å². The molecule has 5 heteroatoms. The lowest BCUT2D eigenvalue weighted by Crippen LogP contribution is -2.08. The van der Waals surface area contributed by atoms with Crippen LogP contribution in [0.15, 0.2) is 24.3 Å². The first kappa shape index (κ1) is 12.6. The maximum atomic E-state index is 9.00. The smallest absolute Gasteiger partial charge is 0.186 e. The highest BCUT2D eigenvalue weighted by Crippen LogP contribution is 2.18. The highest BCUT2D eigenvalue weighted by Gasteiger charge is 2.15. The predicted molar refractivity (Wildman–Crippen MR) is 69.4 cm³/mol. The molecular formula is C13H13ClN4. The van der Waals surface area contributed by atoms with Crippen molar-refractivity contribution in [2.45, 2.75) is 26.3 Å². The van der Waals surface area contributed by atoms with Gasteiger partial charge in [0.15, 0.2) is 5.69 Å². The Hall–Kier alpha value is -1.86. The summed E-state index contributed by atoms with van der Waals surface area (Å²) in [4.78, 5) is 0. The van der Waals surface area contributed by atoms with Crippen LogP contribution in [0.3, 0.4) is 0 Å². The normalized spacial score (nSPS) is 10.6. The molecule has 0 spiro atoms. The van der Waals surface area contributed by atoms with Crippen LogP contribution in [0, 0.1) is 11.3 Å². The van der Waals surface area contributed by atoms with Crippen LogP contribution in [0.4, 0.5) is 0 Å². The first-order valence-corrected chi connectivity index (χ1v) is 6.07. The van der Waals surface area contributed by atoms with Crippen molar-refractivity contribution in [2.75, 3.05) is 0 Å². The van der Waals surface area contributed by atoms with Gasteiger partial charge in [-0.05, 0) is 23.6 Å². The number of hydrogen-bond donors (Lipinski definition) is 0. The Bertz CT molecular complexity index is 578. The fraction of sp³-hybridized carbons (Fsp3) is 0.308. The highest BCUT2D eigenvalue weighted by molar-refractivity contribution is 6.30. The van der Waals surface area contributed by atoms with E-state index in [2.05, 4.69) is 16.4 Å². The van der Waals surface area contributed by atoms with Crippen molar-refractivity contribution in [2.24, 2.45) is 0 Å². The quantitative estimate of drug-likeness (QED) is 0.853. The maximum absolute atomic E-state index is 9.00. The fourth-order valence-electron chi connectivity index (χ4n) is 1.85. The third-order valence-corrected chi connectivity index (χ3v) is 2.92. The molecule has 0 N–H and O–H groups in total. The predicted octanol–water partition coefficient (Wildman–Crippen LogP) is 2.97. The molecule has 18 heavy (non-hydrogen) atoms. The number of hydrogen-bond acceptors (Lipinski definition) is 3. The Balaban J connectivity index is 2.32. The second-order valence-electron chi connectivity index (χ2n) is 4.37. The fourth-order valence-corrected chi connectivity index (χ4v) is 1.98. The highest BCUT2D eigenvalue weighted by atomic mass is 35.5. The molecule has 1 aromatic carbocycles. The molecule has 0 unspecified atom stereocenters. The Morgan fingerprint density at radius 2 is 2.00 bits per heavy atom. The Morgan fingerprint density at radius 1 is 1.33 bits per heavy atom. The lowest BCUT2D eigenvalue weighted by Gasteiger charge is -2.09. The summed E-state index contributed by atoms with van der Waals surface area (Å²) in [5.41, 5.74) is 2.35. The molecule has 1 aromatic heterocycles. The number of nitriles is 1. The zero-order chi connectivity index (χ0) is 13.1. The van der Waals surface area contributed by atoms with Gasteiger partial charge in [0, 0.05) is 5.02 Å².